The third-order valence-corrected chi connectivity index (χ3v) is 9.11. The zero-order valence-corrected chi connectivity index (χ0v) is 29.2. The molecule has 5 nitrogen and oxygen atoms in total. The number of pyridine rings is 1. The van der Waals surface area contributed by atoms with Crippen LogP contribution in [0.15, 0.2) is 109 Å². The number of rotatable bonds is 7. The average molecular weight is 633 g/mol. The van der Waals surface area contributed by atoms with Crippen molar-refractivity contribution in [2.75, 3.05) is 0 Å². The predicted molar refractivity (Wildman–Crippen MR) is 199 cm³/mol. The Hall–Kier alpha value is -5.16. The van der Waals surface area contributed by atoms with Crippen molar-refractivity contribution in [2.24, 2.45) is 0 Å². The zero-order valence-electron chi connectivity index (χ0n) is 29.2. The molecule has 0 atom stereocenters. The molecular formula is C43H44N4O. The summed E-state index contributed by atoms with van der Waals surface area (Å²) in [7, 11) is 0. The summed E-state index contributed by atoms with van der Waals surface area (Å²) < 4.78 is 11.1. The fourth-order valence-corrected chi connectivity index (χ4v) is 6.80. The number of aromatic nitrogens is 4. The van der Waals surface area contributed by atoms with Crippen molar-refractivity contribution in [1.82, 2.24) is 19.3 Å². The van der Waals surface area contributed by atoms with Crippen LogP contribution < -0.4 is 4.74 Å². The molecule has 0 saturated heterocycles. The van der Waals surface area contributed by atoms with E-state index in [1.807, 2.05) is 6.20 Å². The fourth-order valence-electron chi connectivity index (χ4n) is 6.80. The summed E-state index contributed by atoms with van der Waals surface area (Å²) in [5, 5.41) is 7.61. The number of fused-ring (bicyclic) bond motifs is 3. The van der Waals surface area contributed by atoms with Crippen LogP contribution in [0.1, 0.15) is 82.8 Å². The fraction of sp³-hybridized carbons (Fsp3) is 0.256. The van der Waals surface area contributed by atoms with Gasteiger partial charge >= 0.3 is 0 Å². The minimum absolute atomic E-state index is 0.00933. The minimum atomic E-state index is 0.00933. The van der Waals surface area contributed by atoms with E-state index in [4.69, 9.17) is 14.8 Å². The lowest BCUT2D eigenvalue weighted by Crippen LogP contribution is -2.12. The quantitative estimate of drug-likeness (QED) is 0.176. The van der Waals surface area contributed by atoms with E-state index in [0.717, 1.165) is 45.3 Å². The normalized spacial score (nSPS) is 12.1. The molecule has 3 aromatic heterocycles. The van der Waals surface area contributed by atoms with E-state index in [1.54, 1.807) is 0 Å². The monoisotopic (exact) mass is 632 g/mol. The lowest BCUT2D eigenvalue weighted by molar-refractivity contribution is 0.482. The molecule has 242 valence electrons. The molecule has 4 aromatic carbocycles. The van der Waals surface area contributed by atoms with Gasteiger partial charge in [-0.3, -0.25) is 4.57 Å². The van der Waals surface area contributed by atoms with Gasteiger partial charge in [0, 0.05) is 34.7 Å². The van der Waals surface area contributed by atoms with Crippen molar-refractivity contribution in [1.29, 1.82) is 0 Å². The SMILES string of the molecule is Cc1cc(Oc2ccc3c4ccccc4n(-c4cc(C(C)(C)C)ccn4)c3c2)cc(-n2nc(C(C)C)c(-c3ccccc3)c2C(C)C)c1. The van der Waals surface area contributed by atoms with E-state index in [1.165, 1.54) is 33.2 Å². The summed E-state index contributed by atoms with van der Waals surface area (Å²) in [6.07, 6.45) is 1.92. The summed E-state index contributed by atoms with van der Waals surface area (Å²) in [4.78, 5) is 4.84. The summed E-state index contributed by atoms with van der Waals surface area (Å²) >= 11 is 0. The smallest absolute Gasteiger partial charge is 0.137 e. The van der Waals surface area contributed by atoms with E-state index in [0.29, 0.717) is 0 Å². The number of hydrogen-bond acceptors (Lipinski definition) is 3. The topological polar surface area (TPSA) is 44.9 Å². The first-order chi connectivity index (χ1) is 23.0. The van der Waals surface area contributed by atoms with Crippen LogP contribution in [0.4, 0.5) is 0 Å². The standard InChI is InChI=1S/C43H44N4O/c1-27(2)41-40(30-14-10-9-11-15-30)42(28(3)4)47(45-41)32-22-29(5)23-34(25-32)48-33-18-19-36-35-16-12-13-17-37(35)46(38(36)26-33)39-24-31(20-21-44-39)43(6,7)8/h9-28H,1-8H3. The Bertz CT molecular complexity index is 2260. The molecule has 7 rings (SSSR count). The number of hydrogen-bond donors (Lipinski definition) is 0. The number of nitrogens with zero attached hydrogens (tertiary/aromatic N) is 4. The summed E-state index contributed by atoms with van der Waals surface area (Å²) in [6.45, 7) is 17.8. The van der Waals surface area contributed by atoms with Gasteiger partial charge in [0.25, 0.3) is 0 Å². The van der Waals surface area contributed by atoms with Gasteiger partial charge in [0.05, 0.1) is 28.1 Å². The van der Waals surface area contributed by atoms with Crippen LogP contribution in [-0.4, -0.2) is 19.3 Å². The van der Waals surface area contributed by atoms with Gasteiger partial charge in [0.2, 0.25) is 0 Å². The number of para-hydroxylation sites is 1. The molecule has 0 fully saturated rings. The van der Waals surface area contributed by atoms with Crippen molar-refractivity contribution in [2.45, 2.75) is 72.6 Å². The second-order valence-corrected chi connectivity index (χ2v) is 14.5. The van der Waals surface area contributed by atoms with Gasteiger partial charge in [0.15, 0.2) is 0 Å². The van der Waals surface area contributed by atoms with Crippen molar-refractivity contribution < 1.29 is 4.74 Å². The molecule has 7 aromatic rings. The van der Waals surface area contributed by atoms with E-state index in [-0.39, 0.29) is 17.3 Å². The third kappa shape index (κ3) is 5.68. The first kappa shape index (κ1) is 31.4. The largest absolute Gasteiger partial charge is 0.457 e. The second kappa shape index (κ2) is 12.1. The van der Waals surface area contributed by atoms with Gasteiger partial charge in [-0.15, -0.1) is 0 Å². The van der Waals surface area contributed by atoms with Crippen LogP contribution in [0.3, 0.4) is 0 Å². The van der Waals surface area contributed by atoms with Crippen LogP contribution in [0.2, 0.25) is 0 Å². The lowest BCUT2D eigenvalue weighted by Gasteiger charge is -2.20. The van der Waals surface area contributed by atoms with Crippen LogP contribution in [0, 0.1) is 6.92 Å². The first-order valence-electron chi connectivity index (χ1n) is 17.0. The van der Waals surface area contributed by atoms with E-state index < -0.39 is 0 Å². The Morgan fingerprint density at radius 2 is 1.42 bits per heavy atom. The van der Waals surface area contributed by atoms with Crippen LogP contribution in [0.5, 0.6) is 11.5 Å². The highest BCUT2D eigenvalue weighted by molar-refractivity contribution is 6.09. The average Bonchev–Trinajstić information content (AvgIpc) is 3.62. The van der Waals surface area contributed by atoms with Gasteiger partial charge in [-0.25, -0.2) is 9.67 Å². The summed E-state index contributed by atoms with van der Waals surface area (Å²) in [5.74, 6) is 2.99. The van der Waals surface area contributed by atoms with Crippen molar-refractivity contribution >= 4 is 21.8 Å². The van der Waals surface area contributed by atoms with E-state index in [2.05, 4.69) is 168 Å². The number of aryl methyl sites for hydroxylation is 1. The Kier molecular flexibility index (Phi) is 7.95. The molecular weight excluding hydrogens is 589 g/mol. The van der Waals surface area contributed by atoms with Crippen LogP contribution in [-0.2, 0) is 5.41 Å². The molecule has 0 aliphatic rings. The molecule has 5 heteroatoms. The lowest BCUT2D eigenvalue weighted by atomic mass is 9.88. The summed E-state index contributed by atoms with van der Waals surface area (Å²) in [6, 6.07) is 36.3. The van der Waals surface area contributed by atoms with E-state index >= 15 is 0 Å². The molecule has 48 heavy (non-hydrogen) atoms. The molecule has 0 N–H and O–H groups in total. The molecule has 0 spiro atoms. The molecule has 0 aliphatic heterocycles. The Balaban J connectivity index is 1.34. The number of benzene rings is 4. The summed E-state index contributed by atoms with van der Waals surface area (Å²) in [5.41, 5.74) is 10.3. The molecule has 0 radical (unpaired) electrons. The van der Waals surface area contributed by atoms with Gasteiger partial charge in [0.1, 0.15) is 17.3 Å². The van der Waals surface area contributed by atoms with Crippen LogP contribution in [0.25, 0.3) is 44.4 Å². The third-order valence-electron chi connectivity index (χ3n) is 9.11. The first-order valence-corrected chi connectivity index (χ1v) is 17.0. The highest BCUT2D eigenvalue weighted by Crippen LogP contribution is 2.39. The van der Waals surface area contributed by atoms with Crippen molar-refractivity contribution in [3.8, 4) is 34.1 Å². The number of ether oxygens (including phenoxy) is 1. The van der Waals surface area contributed by atoms with Gasteiger partial charge < -0.3 is 4.74 Å². The molecule has 0 amide bonds. The van der Waals surface area contributed by atoms with Crippen LogP contribution >= 0.6 is 0 Å². The maximum absolute atomic E-state index is 6.69. The minimum Gasteiger partial charge on any atom is -0.457 e. The second-order valence-electron chi connectivity index (χ2n) is 14.5. The van der Waals surface area contributed by atoms with E-state index in [9.17, 15) is 0 Å². The maximum Gasteiger partial charge on any atom is 0.137 e. The highest BCUT2D eigenvalue weighted by atomic mass is 16.5. The van der Waals surface area contributed by atoms with Gasteiger partial charge in [-0.1, -0.05) is 97.0 Å². The molecule has 0 unspecified atom stereocenters. The Labute approximate surface area is 283 Å². The predicted octanol–water partition coefficient (Wildman–Crippen LogP) is 11.7. The molecule has 0 aliphatic carbocycles. The molecule has 0 bridgehead atoms. The highest BCUT2D eigenvalue weighted by Gasteiger charge is 2.25. The Morgan fingerprint density at radius 3 is 2.15 bits per heavy atom. The van der Waals surface area contributed by atoms with Gasteiger partial charge in [-0.2, -0.15) is 5.10 Å². The molecule has 3 heterocycles. The zero-order chi connectivity index (χ0) is 33.7. The van der Waals surface area contributed by atoms with Crippen molar-refractivity contribution in [3.63, 3.8) is 0 Å². The molecule has 0 saturated carbocycles. The Morgan fingerprint density at radius 1 is 0.688 bits per heavy atom. The van der Waals surface area contributed by atoms with Gasteiger partial charge in [-0.05, 0) is 83.3 Å². The maximum atomic E-state index is 6.69. The van der Waals surface area contributed by atoms with Crippen molar-refractivity contribution in [3.05, 3.63) is 132 Å².